The Hall–Kier alpha value is -3.72. The van der Waals surface area contributed by atoms with Crippen molar-refractivity contribution in [1.29, 1.82) is 0 Å². The van der Waals surface area contributed by atoms with E-state index in [9.17, 15) is 4.79 Å². The standard InChI is InChI=1S/C21H18N4O4S/c1-2-27-16-7-5-15(6-8-16)23-20-17(4-3-10-22-20)21(26)28-12-18-24-19(25-29-18)14-9-11-30-13-14/h3-11,13H,2,12H2,1H3,(H,22,23). The monoisotopic (exact) mass is 422 g/mol. The van der Waals surface area contributed by atoms with Crippen LogP contribution in [-0.4, -0.2) is 27.7 Å². The summed E-state index contributed by atoms with van der Waals surface area (Å²) in [6.07, 6.45) is 1.60. The third kappa shape index (κ3) is 4.64. The Bertz CT molecular complexity index is 1110. The molecule has 0 spiro atoms. The number of hydrogen-bond acceptors (Lipinski definition) is 9. The number of esters is 1. The van der Waals surface area contributed by atoms with Crippen molar-refractivity contribution in [2.75, 3.05) is 11.9 Å². The van der Waals surface area contributed by atoms with Crippen molar-refractivity contribution < 1.29 is 18.8 Å². The molecule has 8 nitrogen and oxygen atoms in total. The molecule has 0 saturated carbocycles. The second-order valence-corrected chi connectivity index (χ2v) is 6.86. The number of nitrogens with one attached hydrogen (secondary N) is 1. The molecule has 4 aromatic rings. The van der Waals surface area contributed by atoms with E-state index in [0.29, 0.717) is 23.8 Å². The molecule has 0 aliphatic heterocycles. The van der Waals surface area contributed by atoms with Gasteiger partial charge in [-0.2, -0.15) is 16.3 Å². The molecule has 9 heteroatoms. The Morgan fingerprint density at radius 1 is 1.20 bits per heavy atom. The second kappa shape index (κ2) is 9.19. The van der Waals surface area contributed by atoms with Crippen LogP contribution in [0.2, 0.25) is 0 Å². The van der Waals surface area contributed by atoms with Crippen molar-refractivity contribution in [2.24, 2.45) is 0 Å². The average Bonchev–Trinajstić information content (AvgIpc) is 3.46. The maximum absolute atomic E-state index is 12.6. The van der Waals surface area contributed by atoms with Gasteiger partial charge in [0.2, 0.25) is 5.82 Å². The Labute approximate surface area is 176 Å². The highest BCUT2D eigenvalue weighted by molar-refractivity contribution is 7.08. The highest BCUT2D eigenvalue weighted by atomic mass is 32.1. The van der Waals surface area contributed by atoms with Crippen LogP contribution in [0.4, 0.5) is 11.5 Å². The SMILES string of the molecule is CCOc1ccc(Nc2ncccc2C(=O)OCc2nc(-c3ccsc3)no2)cc1. The molecule has 30 heavy (non-hydrogen) atoms. The molecule has 0 radical (unpaired) electrons. The predicted molar refractivity (Wildman–Crippen MR) is 112 cm³/mol. The van der Waals surface area contributed by atoms with Crippen molar-refractivity contribution >= 4 is 28.8 Å². The van der Waals surface area contributed by atoms with Gasteiger partial charge in [-0.25, -0.2) is 9.78 Å². The molecule has 0 aliphatic carbocycles. The van der Waals surface area contributed by atoms with E-state index in [1.807, 2.05) is 48.0 Å². The number of anilines is 2. The summed E-state index contributed by atoms with van der Waals surface area (Å²) in [7, 11) is 0. The van der Waals surface area contributed by atoms with Crippen LogP contribution >= 0.6 is 11.3 Å². The van der Waals surface area contributed by atoms with Gasteiger partial charge in [-0.1, -0.05) is 5.16 Å². The fourth-order valence-corrected chi connectivity index (χ4v) is 3.27. The number of pyridine rings is 1. The quantitative estimate of drug-likeness (QED) is 0.408. The number of aromatic nitrogens is 3. The minimum Gasteiger partial charge on any atom is -0.494 e. The Balaban J connectivity index is 1.42. The van der Waals surface area contributed by atoms with E-state index < -0.39 is 5.97 Å². The van der Waals surface area contributed by atoms with Gasteiger partial charge in [0.25, 0.3) is 5.89 Å². The Morgan fingerprint density at radius 3 is 2.83 bits per heavy atom. The Kier molecular flexibility index (Phi) is 6.00. The molecule has 3 heterocycles. The van der Waals surface area contributed by atoms with Crippen LogP contribution in [0.3, 0.4) is 0 Å². The molecule has 0 bridgehead atoms. The lowest BCUT2D eigenvalue weighted by Crippen LogP contribution is -2.09. The van der Waals surface area contributed by atoms with E-state index in [-0.39, 0.29) is 12.5 Å². The number of carbonyl (C=O) groups is 1. The summed E-state index contributed by atoms with van der Waals surface area (Å²) in [6, 6.07) is 12.6. The van der Waals surface area contributed by atoms with Crippen LogP contribution < -0.4 is 10.1 Å². The van der Waals surface area contributed by atoms with Crippen molar-refractivity contribution in [3.05, 3.63) is 70.9 Å². The minimum atomic E-state index is -0.549. The van der Waals surface area contributed by atoms with Crippen molar-refractivity contribution in [3.63, 3.8) is 0 Å². The largest absolute Gasteiger partial charge is 0.494 e. The molecular formula is C21H18N4O4S. The predicted octanol–water partition coefficient (Wildman–Crippen LogP) is 4.69. The molecule has 0 saturated heterocycles. The number of hydrogen-bond donors (Lipinski definition) is 1. The van der Waals surface area contributed by atoms with Gasteiger partial charge in [0.15, 0.2) is 6.61 Å². The highest BCUT2D eigenvalue weighted by Gasteiger charge is 2.16. The summed E-state index contributed by atoms with van der Waals surface area (Å²) >= 11 is 1.54. The van der Waals surface area contributed by atoms with Crippen LogP contribution in [0, 0.1) is 0 Å². The molecule has 0 fully saturated rings. The van der Waals surface area contributed by atoms with Crippen molar-refractivity contribution in [3.8, 4) is 17.1 Å². The first-order valence-corrected chi connectivity index (χ1v) is 10.1. The lowest BCUT2D eigenvalue weighted by molar-refractivity contribution is 0.0430. The van der Waals surface area contributed by atoms with Crippen LogP contribution in [0.25, 0.3) is 11.4 Å². The summed E-state index contributed by atoms with van der Waals surface area (Å²) in [6.45, 7) is 2.39. The van der Waals surface area contributed by atoms with Crippen LogP contribution in [0.1, 0.15) is 23.2 Å². The smallest absolute Gasteiger partial charge is 0.342 e. The second-order valence-electron chi connectivity index (χ2n) is 6.08. The first-order valence-electron chi connectivity index (χ1n) is 9.20. The van der Waals surface area contributed by atoms with E-state index >= 15 is 0 Å². The molecule has 0 atom stereocenters. The van der Waals surface area contributed by atoms with Crippen LogP contribution in [0.15, 0.2) is 63.9 Å². The molecule has 152 valence electrons. The van der Waals surface area contributed by atoms with Gasteiger partial charge in [0.05, 0.1) is 6.61 Å². The summed E-state index contributed by atoms with van der Waals surface area (Å²) < 4.78 is 15.9. The lowest BCUT2D eigenvalue weighted by atomic mass is 10.2. The molecule has 3 aromatic heterocycles. The zero-order valence-electron chi connectivity index (χ0n) is 16.1. The molecular weight excluding hydrogens is 404 g/mol. The van der Waals surface area contributed by atoms with Crippen molar-refractivity contribution in [2.45, 2.75) is 13.5 Å². The van der Waals surface area contributed by atoms with Crippen LogP contribution in [-0.2, 0) is 11.3 Å². The number of ether oxygens (including phenoxy) is 2. The third-order valence-corrected chi connectivity index (χ3v) is 4.71. The topological polar surface area (TPSA) is 99.4 Å². The fourth-order valence-electron chi connectivity index (χ4n) is 2.63. The lowest BCUT2D eigenvalue weighted by Gasteiger charge is -2.11. The van der Waals surface area contributed by atoms with E-state index in [4.69, 9.17) is 14.0 Å². The maximum atomic E-state index is 12.6. The normalized spacial score (nSPS) is 10.6. The van der Waals surface area contributed by atoms with Gasteiger partial charge in [0.1, 0.15) is 17.1 Å². The molecule has 1 aromatic carbocycles. The van der Waals surface area contributed by atoms with E-state index in [0.717, 1.165) is 17.0 Å². The summed E-state index contributed by atoms with van der Waals surface area (Å²) in [5, 5.41) is 10.9. The van der Waals surface area contributed by atoms with Crippen molar-refractivity contribution in [1.82, 2.24) is 15.1 Å². The van der Waals surface area contributed by atoms with Gasteiger partial charge in [-0.15, -0.1) is 0 Å². The van der Waals surface area contributed by atoms with E-state index in [1.54, 1.807) is 18.3 Å². The molecule has 0 amide bonds. The first-order chi connectivity index (χ1) is 14.7. The summed E-state index contributed by atoms with van der Waals surface area (Å²) in [5.41, 5.74) is 1.92. The number of carbonyl (C=O) groups excluding carboxylic acids is 1. The number of nitrogens with zero attached hydrogens (tertiary/aromatic N) is 3. The molecule has 1 N–H and O–H groups in total. The van der Waals surface area contributed by atoms with E-state index in [2.05, 4.69) is 20.4 Å². The molecule has 0 aliphatic rings. The van der Waals surface area contributed by atoms with Gasteiger partial charge in [-0.3, -0.25) is 0 Å². The van der Waals surface area contributed by atoms with Gasteiger partial charge in [-0.05, 0) is 54.8 Å². The zero-order chi connectivity index (χ0) is 20.8. The number of benzene rings is 1. The van der Waals surface area contributed by atoms with Crippen LogP contribution in [0.5, 0.6) is 5.75 Å². The summed E-state index contributed by atoms with van der Waals surface area (Å²) in [5.74, 6) is 1.28. The molecule has 0 unspecified atom stereocenters. The first kappa shape index (κ1) is 19.6. The summed E-state index contributed by atoms with van der Waals surface area (Å²) in [4.78, 5) is 21.1. The highest BCUT2D eigenvalue weighted by Crippen LogP contribution is 2.23. The van der Waals surface area contributed by atoms with E-state index in [1.165, 1.54) is 11.3 Å². The maximum Gasteiger partial charge on any atom is 0.342 e. The van der Waals surface area contributed by atoms with Gasteiger partial charge < -0.3 is 19.3 Å². The third-order valence-electron chi connectivity index (χ3n) is 4.03. The fraction of sp³-hybridized carbons (Fsp3) is 0.143. The van der Waals surface area contributed by atoms with Gasteiger partial charge in [0, 0.05) is 22.8 Å². The number of thiophene rings is 1. The van der Waals surface area contributed by atoms with Gasteiger partial charge >= 0.3 is 5.97 Å². The Morgan fingerprint density at radius 2 is 2.07 bits per heavy atom. The zero-order valence-corrected chi connectivity index (χ0v) is 16.9. The average molecular weight is 422 g/mol. The molecule has 4 rings (SSSR count). The number of rotatable bonds is 8. The minimum absolute atomic E-state index is 0.132.